The Labute approximate surface area is 131 Å². The maximum absolute atomic E-state index is 11.9. The number of nitrogens with one attached hydrogen (secondary N) is 2. The van der Waals surface area contributed by atoms with Gasteiger partial charge < -0.3 is 10.6 Å². The van der Waals surface area contributed by atoms with E-state index in [9.17, 15) is 4.79 Å². The van der Waals surface area contributed by atoms with E-state index in [-0.39, 0.29) is 5.91 Å². The minimum Gasteiger partial charge on any atom is -0.351 e. The Balaban J connectivity index is 1.89. The third kappa shape index (κ3) is 4.84. The fraction of sp³-hybridized carbons (Fsp3) is 0.353. The molecule has 2 N–H and O–H groups in total. The van der Waals surface area contributed by atoms with Crippen molar-refractivity contribution in [1.82, 2.24) is 15.3 Å². The lowest BCUT2D eigenvalue weighted by molar-refractivity contribution is 0.0947. The van der Waals surface area contributed by atoms with Crippen LogP contribution >= 0.6 is 0 Å². The maximum atomic E-state index is 11.9. The van der Waals surface area contributed by atoms with Gasteiger partial charge in [0.1, 0.15) is 11.5 Å². The van der Waals surface area contributed by atoms with Crippen molar-refractivity contribution in [3.05, 3.63) is 47.9 Å². The molecule has 0 aliphatic heterocycles. The number of carbonyl (C=O) groups is 1. The Hall–Kier alpha value is -2.43. The highest BCUT2D eigenvalue weighted by Gasteiger charge is 2.07. The second-order valence-electron chi connectivity index (χ2n) is 5.24. The molecule has 0 unspecified atom stereocenters. The van der Waals surface area contributed by atoms with Gasteiger partial charge in [0.05, 0.1) is 12.4 Å². The number of aryl methyl sites for hydroxylation is 1. The van der Waals surface area contributed by atoms with Crippen molar-refractivity contribution in [2.75, 3.05) is 11.9 Å². The number of amides is 1. The van der Waals surface area contributed by atoms with Crippen LogP contribution in [-0.4, -0.2) is 22.4 Å². The minimum atomic E-state index is -0.175. The topological polar surface area (TPSA) is 66.9 Å². The van der Waals surface area contributed by atoms with Crippen LogP contribution in [-0.2, 0) is 0 Å². The van der Waals surface area contributed by atoms with E-state index in [4.69, 9.17) is 0 Å². The molecule has 1 heterocycles. The molecule has 116 valence electrons. The molecule has 0 aliphatic carbocycles. The lowest BCUT2D eigenvalue weighted by atomic mass is 10.2. The highest BCUT2D eigenvalue weighted by molar-refractivity contribution is 5.92. The summed E-state index contributed by atoms with van der Waals surface area (Å²) in [6, 6.07) is 8.00. The van der Waals surface area contributed by atoms with Gasteiger partial charge in [0.25, 0.3) is 5.91 Å². The van der Waals surface area contributed by atoms with E-state index in [1.807, 2.05) is 31.2 Å². The zero-order valence-corrected chi connectivity index (χ0v) is 13.1. The van der Waals surface area contributed by atoms with Crippen molar-refractivity contribution in [2.45, 2.75) is 33.1 Å². The molecule has 1 amide bonds. The summed E-state index contributed by atoms with van der Waals surface area (Å²) >= 11 is 0. The van der Waals surface area contributed by atoms with Crippen LogP contribution < -0.4 is 10.6 Å². The van der Waals surface area contributed by atoms with Gasteiger partial charge in [-0.15, -0.1) is 0 Å². The van der Waals surface area contributed by atoms with Crippen molar-refractivity contribution in [3.63, 3.8) is 0 Å². The monoisotopic (exact) mass is 298 g/mol. The van der Waals surface area contributed by atoms with Gasteiger partial charge >= 0.3 is 0 Å². The third-order valence-electron chi connectivity index (χ3n) is 3.27. The molecule has 1 aromatic heterocycles. The largest absolute Gasteiger partial charge is 0.351 e. The average Bonchev–Trinajstić information content (AvgIpc) is 2.54. The standard InChI is InChI=1S/C17H22N4O/c1-3-4-5-10-18-17(22)15-11-20-16(12-19-15)21-14-8-6-13(2)7-9-14/h6-9,11-12H,3-5,10H2,1-2H3,(H,18,22)(H,20,21). The van der Waals surface area contributed by atoms with Crippen molar-refractivity contribution >= 4 is 17.4 Å². The molecule has 0 saturated heterocycles. The molecule has 5 nitrogen and oxygen atoms in total. The molecule has 0 fully saturated rings. The van der Waals surface area contributed by atoms with Gasteiger partial charge in [-0.2, -0.15) is 0 Å². The van der Waals surface area contributed by atoms with Crippen LogP contribution in [0.25, 0.3) is 0 Å². The molecule has 2 rings (SSSR count). The fourth-order valence-corrected chi connectivity index (χ4v) is 1.96. The van der Waals surface area contributed by atoms with E-state index in [0.717, 1.165) is 24.9 Å². The first-order valence-electron chi connectivity index (χ1n) is 7.63. The predicted molar refractivity (Wildman–Crippen MR) is 88.4 cm³/mol. The molecule has 22 heavy (non-hydrogen) atoms. The maximum Gasteiger partial charge on any atom is 0.271 e. The van der Waals surface area contributed by atoms with Crippen LogP contribution in [0.5, 0.6) is 0 Å². The van der Waals surface area contributed by atoms with Gasteiger partial charge in [-0.1, -0.05) is 37.5 Å². The SMILES string of the molecule is CCCCCNC(=O)c1cnc(Nc2ccc(C)cc2)cn1. The number of carbonyl (C=O) groups excluding carboxylic acids is 1. The third-order valence-corrected chi connectivity index (χ3v) is 3.27. The van der Waals surface area contributed by atoms with Gasteiger partial charge in [0.2, 0.25) is 0 Å². The number of benzene rings is 1. The summed E-state index contributed by atoms with van der Waals surface area (Å²) in [5.41, 5.74) is 2.48. The average molecular weight is 298 g/mol. The minimum absolute atomic E-state index is 0.175. The molecule has 0 aliphatic rings. The quantitative estimate of drug-likeness (QED) is 0.768. The molecular formula is C17H22N4O. The van der Waals surface area contributed by atoms with Crippen LogP contribution in [0.1, 0.15) is 42.2 Å². The molecule has 1 aromatic carbocycles. The van der Waals surface area contributed by atoms with Crippen LogP contribution in [0, 0.1) is 6.92 Å². The summed E-state index contributed by atoms with van der Waals surface area (Å²) in [5.74, 6) is 0.442. The number of rotatable bonds is 7. The molecule has 2 aromatic rings. The van der Waals surface area contributed by atoms with E-state index in [2.05, 4.69) is 27.5 Å². The fourth-order valence-electron chi connectivity index (χ4n) is 1.96. The van der Waals surface area contributed by atoms with Crippen LogP contribution in [0.15, 0.2) is 36.7 Å². The highest BCUT2D eigenvalue weighted by atomic mass is 16.1. The van der Waals surface area contributed by atoms with Gasteiger partial charge in [-0.3, -0.25) is 4.79 Å². The zero-order valence-electron chi connectivity index (χ0n) is 13.1. The summed E-state index contributed by atoms with van der Waals surface area (Å²) in [5, 5.41) is 6.00. The van der Waals surface area contributed by atoms with Crippen molar-refractivity contribution in [2.24, 2.45) is 0 Å². The summed E-state index contributed by atoms with van der Waals surface area (Å²) in [7, 11) is 0. The molecular weight excluding hydrogens is 276 g/mol. The first-order chi connectivity index (χ1) is 10.7. The second kappa shape index (κ2) is 8.12. The van der Waals surface area contributed by atoms with Crippen LogP contribution in [0.3, 0.4) is 0 Å². The number of aromatic nitrogens is 2. The summed E-state index contributed by atoms with van der Waals surface area (Å²) < 4.78 is 0. The number of hydrogen-bond donors (Lipinski definition) is 2. The van der Waals surface area contributed by atoms with Crippen molar-refractivity contribution in [3.8, 4) is 0 Å². The number of anilines is 2. The van der Waals surface area contributed by atoms with Gasteiger partial charge in [-0.05, 0) is 25.5 Å². The van der Waals surface area contributed by atoms with E-state index in [0.29, 0.717) is 18.1 Å². The summed E-state index contributed by atoms with van der Waals surface area (Å²) in [4.78, 5) is 20.3. The van der Waals surface area contributed by atoms with E-state index < -0.39 is 0 Å². The Bertz CT molecular complexity index is 593. The van der Waals surface area contributed by atoms with Crippen LogP contribution in [0.4, 0.5) is 11.5 Å². The zero-order chi connectivity index (χ0) is 15.8. The summed E-state index contributed by atoms with van der Waals surface area (Å²) in [6.07, 6.45) is 6.30. The smallest absolute Gasteiger partial charge is 0.271 e. The Morgan fingerprint density at radius 2 is 1.86 bits per heavy atom. The van der Waals surface area contributed by atoms with E-state index in [1.54, 1.807) is 6.20 Å². The first-order valence-corrected chi connectivity index (χ1v) is 7.63. The van der Waals surface area contributed by atoms with Crippen molar-refractivity contribution in [1.29, 1.82) is 0 Å². The van der Waals surface area contributed by atoms with Gasteiger partial charge in [0.15, 0.2) is 0 Å². The Morgan fingerprint density at radius 1 is 1.09 bits per heavy atom. The van der Waals surface area contributed by atoms with Gasteiger partial charge in [-0.25, -0.2) is 9.97 Å². The van der Waals surface area contributed by atoms with Crippen LogP contribution in [0.2, 0.25) is 0 Å². The molecule has 0 atom stereocenters. The number of hydrogen-bond acceptors (Lipinski definition) is 4. The molecule has 0 saturated carbocycles. The number of unbranched alkanes of at least 4 members (excludes halogenated alkanes) is 2. The van der Waals surface area contributed by atoms with Gasteiger partial charge in [0, 0.05) is 12.2 Å². The Morgan fingerprint density at radius 3 is 2.50 bits per heavy atom. The molecule has 0 spiro atoms. The molecule has 0 radical (unpaired) electrons. The van der Waals surface area contributed by atoms with Crippen molar-refractivity contribution < 1.29 is 4.79 Å². The molecule has 5 heteroatoms. The predicted octanol–water partition coefficient (Wildman–Crippen LogP) is 3.45. The van der Waals surface area contributed by atoms with E-state index in [1.165, 1.54) is 11.8 Å². The van der Waals surface area contributed by atoms with E-state index >= 15 is 0 Å². The normalized spacial score (nSPS) is 10.3. The Kier molecular flexibility index (Phi) is 5.89. The second-order valence-corrected chi connectivity index (χ2v) is 5.24. The number of nitrogens with zero attached hydrogens (tertiary/aromatic N) is 2. The first kappa shape index (κ1) is 15.9. The molecule has 0 bridgehead atoms. The highest BCUT2D eigenvalue weighted by Crippen LogP contribution is 2.14. The summed E-state index contributed by atoms with van der Waals surface area (Å²) in [6.45, 7) is 4.85. The lowest BCUT2D eigenvalue weighted by Crippen LogP contribution is -2.25. The lowest BCUT2D eigenvalue weighted by Gasteiger charge is -2.07.